The minimum Gasteiger partial charge on any atom is -0.360 e. The molecular formula is C18H31ClN4O4S. The largest absolute Gasteiger partial charge is 0.360 e. The van der Waals surface area contributed by atoms with Crippen LogP contribution in [0.25, 0.3) is 0 Å². The van der Waals surface area contributed by atoms with Gasteiger partial charge >= 0.3 is 0 Å². The number of hydrogen-bond donors (Lipinski definition) is 3. The van der Waals surface area contributed by atoms with Crippen LogP contribution in [-0.2, 0) is 14.8 Å². The molecule has 0 aromatic carbocycles. The molecule has 2 aliphatic rings. The zero-order valence-electron chi connectivity index (χ0n) is 16.5. The first-order valence-corrected chi connectivity index (χ1v) is 11.3. The number of nitrogens with one attached hydrogen (secondary N) is 3. The number of sulfonamides is 1. The van der Waals surface area contributed by atoms with Crippen molar-refractivity contribution in [2.45, 2.75) is 69.2 Å². The zero-order chi connectivity index (χ0) is 19.5. The second-order valence-electron chi connectivity index (χ2n) is 7.80. The normalized spacial score (nSPS) is 21.9. The first-order chi connectivity index (χ1) is 12.8. The summed E-state index contributed by atoms with van der Waals surface area (Å²) in [6.45, 7) is 5.77. The number of aromatic nitrogens is 1. The van der Waals surface area contributed by atoms with E-state index in [-0.39, 0.29) is 29.0 Å². The van der Waals surface area contributed by atoms with Crippen LogP contribution in [0, 0.1) is 19.8 Å². The summed E-state index contributed by atoms with van der Waals surface area (Å²) in [5.41, 5.74) is -0.780. The van der Waals surface area contributed by atoms with Gasteiger partial charge in [0.2, 0.25) is 15.9 Å². The van der Waals surface area contributed by atoms with E-state index in [0.29, 0.717) is 31.0 Å². The number of piperidine rings is 1. The van der Waals surface area contributed by atoms with Gasteiger partial charge in [-0.05, 0) is 65.0 Å². The van der Waals surface area contributed by atoms with E-state index in [2.05, 4.69) is 20.5 Å². The van der Waals surface area contributed by atoms with Gasteiger partial charge in [0, 0.05) is 6.54 Å². The summed E-state index contributed by atoms with van der Waals surface area (Å²) >= 11 is 0. The molecule has 2 heterocycles. The maximum atomic E-state index is 12.9. The van der Waals surface area contributed by atoms with E-state index in [4.69, 9.17) is 4.52 Å². The maximum absolute atomic E-state index is 12.9. The molecule has 1 unspecified atom stereocenters. The number of nitrogens with zero attached hydrogens (tertiary/aromatic N) is 1. The van der Waals surface area contributed by atoms with Gasteiger partial charge < -0.3 is 15.2 Å². The molecule has 1 aliphatic heterocycles. The average Bonchev–Trinajstić information content (AvgIpc) is 3.23. The number of carbonyl (C=O) groups excluding carboxylic acids is 1. The number of hydrogen-bond acceptors (Lipinski definition) is 6. The van der Waals surface area contributed by atoms with E-state index in [1.54, 1.807) is 13.8 Å². The van der Waals surface area contributed by atoms with Gasteiger partial charge in [-0.1, -0.05) is 18.0 Å². The topological polar surface area (TPSA) is 113 Å². The Balaban J connectivity index is 0.00000280. The van der Waals surface area contributed by atoms with Crippen LogP contribution in [0.3, 0.4) is 0 Å². The number of rotatable bonds is 7. The molecule has 10 heteroatoms. The van der Waals surface area contributed by atoms with E-state index in [1.807, 2.05) is 0 Å². The predicted molar refractivity (Wildman–Crippen MR) is 108 cm³/mol. The molecule has 0 bridgehead atoms. The van der Waals surface area contributed by atoms with Crippen LogP contribution in [-0.4, -0.2) is 44.7 Å². The highest BCUT2D eigenvalue weighted by atomic mass is 35.5. The molecule has 28 heavy (non-hydrogen) atoms. The minimum atomic E-state index is -3.89. The van der Waals surface area contributed by atoms with Crippen molar-refractivity contribution in [1.29, 1.82) is 0 Å². The molecule has 1 saturated heterocycles. The molecule has 1 aromatic heterocycles. The van der Waals surface area contributed by atoms with Gasteiger partial charge in [-0.2, -0.15) is 4.72 Å². The van der Waals surface area contributed by atoms with E-state index in [9.17, 15) is 13.2 Å². The molecule has 3 rings (SSSR count). The summed E-state index contributed by atoms with van der Waals surface area (Å²) < 4.78 is 33.5. The van der Waals surface area contributed by atoms with Crippen LogP contribution in [0.4, 0.5) is 0 Å². The highest BCUT2D eigenvalue weighted by Gasteiger charge is 2.45. The van der Waals surface area contributed by atoms with Gasteiger partial charge in [-0.3, -0.25) is 4.79 Å². The van der Waals surface area contributed by atoms with Gasteiger partial charge in [0.25, 0.3) is 0 Å². The monoisotopic (exact) mass is 434 g/mol. The lowest BCUT2D eigenvalue weighted by molar-refractivity contribution is -0.126. The van der Waals surface area contributed by atoms with Crippen LogP contribution in [0.2, 0.25) is 0 Å². The van der Waals surface area contributed by atoms with E-state index in [1.165, 1.54) is 12.8 Å². The molecule has 1 amide bonds. The number of halogens is 1. The SMILES string of the molecule is Cc1noc(C)c1S(=O)(=O)NC1(C(=O)NCCC2CCCNC2)CCCC1.Cl. The molecular weight excluding hydrogens is 404 g/mol. The number of amides is 1. The van der Waals surface area contributed by atoms with Gasteiger partial charge in [-0.15, -0.1) is 12.4 Å². The summed E-state index contributed by atoms with van der Waals surface area (Å²) in [7, 11) is -3.89. The van der Waals surface area contributed by atoms with Crippen LogP contribution >= 0.6 is 12.4 Å². The fraction of sp³-hybridized carbons (Fsp3) is 0.778. The van der Waals surface area contributed by atoms with Crippen LogP contribution in [0.15, 0.2) is 9.42 Å². The molecule has 2 fully saturated rings. The molecule has 1 saturated carbocycles. The summed E-state index contributed by atoms with van der Waals surface area (Å²) in [6.07, 6.45) is 5.91. The van der Waals surface area contributed by atoms with Crippen LogP contribution in [0.1, 0.15) is 56.4 Å². The maximum Gasteiger partial charge on any atom is 0.246 e. The fourth-order valence-electron chi connectivity index (χ4n) is 4.25. The van der Waals surface area contributed by atoms with E-state index < -0.39 is 15.6 Å². The Morgan fingerprint density at radius 2 is 2.00 bits per heavy atom. The van der Waals surface area contributed by atoms with E-state index in [0.717, 1.165) is 32.4 Å². The summed E-state index contributed by atoms with van der Waals surface area (Å²) in [4.78, 5) is 13.0. The second kappa shape index (κ2) is 9.56. The highest BCUT2D eigenvalue weighted by Crippen LogP contribution is 2.32. The molecule has 1 aliphatic carbocycles. The van der Waals surface area contributed by atoms with Crippen molar-refractivity contribution in [1.82, 2.24) is 20.5 Å². The smallest absolute Gasteiger partial charge is 0.246 e. The van der Waals surface area contributed by atoms with Crippen molar-refractivity contribution in [2.24, 2.45) is 5.92 Å². The third-order valence-electron chi connectivity index (χ3n) is 5.70. The lowest BCUT2D eigenvalue weighted by Gasteiger charge is -2.29. The van der Waals surface area contributed by atoms with Crippen LogP contribution < -0.4 is 15.4 Å². The Labute approximate surface area is 173 Å². The quantitative estimate of drug-likeness (QED) is 0.603. The molecule has 3 N–H and O–H groups in total. The highest BCUT2D eigenvalue weighted by molar-refractivity contribution is 7.89. The Hall–Kier alpha value is -1.16. The Morgan fingerprint density at radius 3 is 2.57 bits per heavy atom. The van der Waals surface area contributed by atoms with Crippen molar-refractivity contribution in [2.75, 3.05) is 19.6 Å². The predicted octanol–water partition coefficient (Wildman–Crippen LogP) is 1.81. The molecule has 160 valence electrons. The Kier molecular flexibility index (Phi) is 7.89. The van der Waals surface area contributed by atoms with Gasteiger partial charge in [0.05, 0.1) is 0 Å². The summed E-state index contributed by atoms with van der Waals surface area (Å²) in [5.74, 6) is 0.579. The number of aryl methyl sites for hydroxylation is 2. The third-order valence-corrected chi connectivity index (χ3v) is 7.47. The minimum absolute atomic E-state index is 0. The Bertz CT molecular complexity index is 749. The van der Waals surface area contributed by atoms with Crippen molar-refractivity contribution in [3.8, 4) is 0 Å². The van der Waals surface area contributed by atoms with Crippen molar-refractivity contribution in [3.05, 3.63) is 11.5 Å². The first-order valence-electron chi connectivity index (χ1n) is 9.80. The van der Waals surface area contributed by atoms with Gasteiger partial charge in [0.15, 0.2) is 5.76 Å². The van der Waals surface area contributed by atoms with Crippen LogP contribution in [0.5, 0.6) is 0 Å². The third kappa shape index (κ3) is 5.06. The summed E-state index contributed by atoms with van der Waals surface area (Å²) in [6, 6.07) is 0. The molecule has 0 spiro atoms. The number of carbonyl (C=O) groups is 1. The standard InChI is InChI=1S/C18H30N4O4S.ClH/c1-13-16(14(2)26-21-13)27(24,25)22-18(8-3-4-9-18)17(23)20-11-7-15-6-5-10-19-12-15;/h15,19,22H,3-12H2,1-2H3,(H,20,23);1H. The zero-order valence-corrected chi connectivity index (χ0v) is 18.2. The van der Waals surface area contributed by atoms with Crippen molar-refractivity contribution < 1.29 is 17.7 Å². The van der Waals surface area contributed by atoms with Gasteiger partial charge in [-0.25, -0.2) is 8.42 Å². The van der Waals surface area contributed by atoms with Crippen molar-refractivity contribution in [3.63, 3.8) is 0 Å². The summed E-state index contributed by atoms with van der Waals surface area (Å²) in [5, 5.41) is 10.1. The van der Waals surface area contributed by atoms with Crippen molar-refractivity contribution >= 4 is 28.3 Å². The molecule has 8 nitrogen and oxygen atoms in total. The van der Waals surface area contributed by atoms with Gasteiger partial charge in [0.1, 0.15) is 16.1 Å². The fourth-order valence-corrected chi connectivity index (χ4v) is 6.01. The lowest BCUT2D eigenvalue weighted by atomic mass is 9.95. The Morgan fingerprint density at radius 1 is 1.29 bits per heavy atom. The van der Waals surface area contributed by atoms with E-state index >= 15 is 0 Å². The first kappa shape index (κ1) is 23.1. The second-order valence-corrected chi connectivity index (χ2v) is 9.42. The molecule has 1 atom stereocenters. The molecule has 0 radical (unpaired) electrons. The lowest BCUT2D eigenvalue weighted by Crippen LogP contribution is -2.57. The molecule has 1 aromatic rings. The average molecular weight is 435 g/mol.